The third-order valence-electron chi connectivity index (χ3n) is 3.50. The van der Waals surface area contributed by atoms with Gasteiger partial charge < -0.3 is 10.5 Å². The van der Waals surface area contributed by atoms with Crippen LogP contribution in [-0.2, 0) is 14.8 Å². The van der Waals surface area contributed by atoms with Gasteiger partial charge in [-0.1, -0.05) is 30.3 Å². The van der Waals surface area contributed by atoms with Crippen molar-refractivity contribution in [2.75, 3.05) is 32.6 Å². The van der Waals surface area contributed by atoms with Gasteiger partial charge in [0.05, 0.1) is 12.4 Å². The zero-order valence-electron chi connectivity index (χ0n) is 11.4. The van der Waals surface area contributed by atoms with E-state index in [9.17, 15) is 8.42 Å². The summed E-state index contributed by atoms with van der Waals surface area (Å²) in [4.78, 5) is 0. The molecule has 20 heavy (non-hydrogen) atoms. The van der Waals surface area contributed by atoms with Crippen LogP contribution >= 0.6 is 12.4 Å². The maximum absolute atomic E-state index is 12.1. The van der Waals surface area contributed by atoms with Crippen LogP contribution in [0.15, 0.2) is 30.3 Å². The maximum Gasteiger partial charge on any atom is 0.216 e. The van der Waals surface area contributed by atoms with Crippen LogP contribution in [0.4, 0.5) is 0 Å². The van der Waals surface area contributed by atoms with E-state index >= 15 is 0 Å². The Morgan fingerprint density at radius 1 is 1.30 bits per heavy atom. The van der Waals surface area contributed by atoms with Crippen molar-refractivity contribution in [3.63, 3.8) is 0 Å². The number of nitrogens with zero attached hydrogens (tertiary/aromatic N) is 1. The van der Waals surface area contributed by atoms with E-state index in [0.717, 1.165) is 5.56 Å². The number of benzene rings is 1. The molecule has 0 bridgehead atoms. The largest absolute Gasteiger partial charge is 0.384 e. The predicted molar refractivity (Wildman–Crippen MR) is 81.6 cm³/mol. The average molecular weight is 321 g/mol. The molecule has 1 aliphatic heterocycles. The van der Waals surface area contributed by atoms with Crippen LogP contribution in [0.3, 0.4) is 0 Å². The fraction of sp³-hybridized carbons (Fsp3) is 0.538. The number of methoxy groups -OCH3 is 1. The molecule has 0 aliphatic carbocycles. The van der Waals surface area contributed by atoms with E-state index in [-0.39, 0.29) is 36.7 Å². The van der Waals surface area contributed by atoms with Gasteiger partial charge in [0.1, 0.15) is 0 Å². The molecule has 1 heterocycles. The highest BCUT2D eigenvalue weighted by atomic mass is 35.5. The first kappa shape index (κ1) is 17.4. The van der Waals surface area contributed by atoms with Gasteiger partial charge in [-0.3, -0.25) is 0 Å². The number of halogens is 1. The zero-order chi connectivity index (χ0) is 13.9. The highest BCUT2D eigenvalue weighted by Gasteiger charge is 2.37. The SMILES string of the molecule is COCCS(=O)(=O)N1C[C@@H](N)[C@H](c2ccccc2)C1.Cl. The van der Waals surface area contributed by atoms with Crippen molar-refractivity contribution in [2.45, 2.75) is 12.0 Å². The van der Waals surface area contributed by atoms with Crippen LogP contribution in [0, 0.1) is 0 Å². The van der Waals surface area contributed by atoms with E-state index in [4.69, 9.17) is 10.5 Å². The van der Waals surface area contributed by atoms with Crippen LogP contribution in [0.25, 0.3) is 0 Å². The summed E-state index contributed by atoms with van der Waals surface area (Å²) >= 11 is 0. The third kappa shape index (κ3) is 3.93. The first-order valence-corrected chi connectivity index (χ1v) is 7.93. The Kier molecular flexibility index (Phi) is 6.42. The maximum atomic E-state index is 12.1. The molecule has 5 nitrogen and oxygen atoms in total. The number of sulfonamides is 1. The molecule has 2 N–H and O–H groups in total. The number of hydrogen-bond acceptors (Lipinski definition) is 4. The molecule has 114 valence electrons. The summed E-state index contributed by atoms with van der Waals surface area (Å²) in [5, 5.41) is 0. The van der Waals surface area contributed by atoms with Crippen molar-refractivity contribution in [3.05, 3.63) is 35.9 Å². The molecule has 1 saturated heterocycles. The Labute approximate surface area is 126 Å². The third-order valence-corrected chi connectivity index (χ3v) is 5.27. The molecule has 0 amide bonds. The molecule has 1 aromatic rings. The Morgan fingerprint density at radius 3 is 2.55 bits per heavy atom. The lowest BCUT2D eigenvalue weighted by Crippen LogP contribution is -2.34. The Bertz CT molecular complexity index is 510. The van der Waals surface area contributed by atoms with E-state index in [2.05, 4.69) is 0 Å². The molecule has 0 unspecified atom stereocenters. The first-order valence-electron chi connectivity index (χ1n) is 6.32. The summed E-state index contributed by atoms with van der Waals surface area (Å²) in [6, 6.07) is 9.68. The first-order chi connectivity index (χ1) is 9.04. The highest BCUT2D eigenvalue weighted by Crippen LogP contribution is 2.28. The zero-order valence-corrected chi connectivity index (χ0v) is 13.1. The summed E-state index contributed by atoms with van der Waals surface area (Å²) in [6.07, 6.45) is 0. The minimum atomic E-state index is -3.27. The fourth-order valence-electron chi connectivity index (χ4n) is 2.39. The quantitative estimate of drug-likeness (QED) is 0.871. The highest BCUT2D eigenvalue weighted by molar-refractivity contribution is 7.89. The molecule has 1 aromatic carbocycles. The molecule has 0 radical (unpaired) electrons. The monoisotopic (exact) mass is 320 g/mol. The summed E-state index contributed by atoms with van der Waals surface area (Å²) in [7, 11) is -1.77. The minimum Gasteiger partial charge on any atom is -0.384 e. The number of ether oxygens (including phenoxy) is 1. The minimum absolute atomic E-state index is 0. The van der Waals surface area contributed by atoms with Gasteiger partial charge in [-0.25, -0.2) is 8.42 Å². The fourth-order valence-corrected chi connectivity index (χ4v) is 3.81. The number of rotatable bonds is 5. The van der Waals surface area contributed by atoms with Gasteiger partial charge in [0.25, 0.3) is 0 Å². The van der Waals surface area contributed by atoms with Crippen molar-refractivity contribution in [1.29, 1.82) is 0 Å². The van der Waals surface area contributed by atoms with Gasteiger partial charge in [0.15, 0.2) is 0 Å². The van der Waals surface area contributed by atoms with E-state index in [1.165, 1.54) is 11.4 Å². The Morgan fingerprint density at radius 2 is 1.95 bits per heavy atom. The second kappa shape index (κ2) is 7.38. The molecule has 7 heteroatoms. The molecule has 2 atom stereocenters. The van der Waals surface area contributed by atoms with E-state index in [1.54, 1.807) is 0 Å². The van der Waals surface area contributed by atoms with Crippen LogP contribution < -0.4 is 5.73 Å². The van der Waals surface area contributed by atoms with Crippen molar-refractivity contribution < 1.29 is 13.2 Å². The van der Waals surface area contributed by atoms with Gasteiger partial charge >= 0.3 is 0 Å². The number of hydrogen-bond donors (Lipinski definition) is 1. The van der Waals surface area contributed by atoms with Crippen molar-refractivity contribution in [3.8, 4) is 0 Å². The molecule has 1 fully saturated rings. The van der Waals surface area contributed by atoms with Gasteiger partial charge in [-0.05, 0) is 5.56 Å². The van der Waals surface area contributed by atoms with Crippen LogP contribution in [0.5, 0.6) is 0 Å². The van der Waals surface area contributed by atoms with E-state index in [1.807, 2.05) is 30.3 Å². The number of nitrogens with two attached hydrogens (primary N) is 1. The van der Waals surface area contributed by atoms with Crippen LogP contribution in [-0.4, -0.2) is 51.3 Å². The summed E-state index contributed by atoms with van der Waals surface area (Å²) in [5.41, 5.74) is 7.19. The summed E-state index contributed by atoms with van der Waals surface area (Å²) < 4.78 is 30.5. The molecule has 1 aliphatic rings. The Balaban J connectivity index is 0.00000200. The lowest BCUT2D eigenvalue weighted by Gasteiger charge is -2.16. The predicted octanol–water partition coefficient (Wildman–Crippen LogP) is 0.811. The second-order valence-corrected chi connectivity index (χ2v) is 6.90. The standard InChI is InChI=1S/C13H20N2O3S.ClH/c1-18-7-8-19(16,17)15-9-12(13(14)10-15)11-5-3-2-4-6-11;/h2-6,12-13H,7-10,14H2,1H3;1H/t12-,13+;/m0./s1. The molecule has 0 saturated carbocycles. The molecule has 2 rings (SSSR count). The molecular formula is C13H21ClN2O3S. The van der Waals surface area contributed by atoms with Gasteiger partial charge in [0, 0.05) is 32.2 Å². The van der Waals surface area contributed by atoms with Crippen molar-refractivity contribution in [1.82, 2.24) is 4.31 Å². The van der Waals surface area contributed by atoms with Crippen molar-refractivity contribution >= 4 is 22.4 Å². The summed E-state index contributed by atoms with van der Waals surface area (Å²) in [6.45, 7) is 1.05. The second-order valence-electron chi connectivity index (χ2n) is 4.81. The normalized spacial score (nSPS) is 23.5. The molecule has 0 spiro atoms. The van der Waals surface area contributed by atoms with Crippen LogP contribution in [0.1, 0.15) is 11.5 Å². The topological polar surface area (TPSA) is 72.6 Å². The summed E-state index contributed by atoms with van der Waals surface area (Å²) in [5.74, 6) is 0.0797. The Hall–Kier alpha value is -0.660. The lowest BCUT2D eigenvalue weighted by atomic mass is 9.95. The van der Waals surface area contributed by atoms with Gasteiger partial charge in [0.2, 0.25) is 10.0 Å². The average Bonchev–Trinajstić information content (AvgIpc) is 2.80. The molecule has 0 aromatic heterocycles. The molecular weight excluding hydrogens is 300 g/mol. The van der Waals surface area contributed by atoms with E-state index in [0.29, 0.717) is 13.1 Å². The van der Waals surface area contributed by atoms with Crippen LogP contribution in [0.2, 0.25) is 0 Å². The van der Waals surface area contributed by atoms with Gasteiger partial charge in [-0.2, -0.15) is 4.31 Å². The van der Waals surface area contributed by atoms with E-state index < -0.39 is 10.0 Å². The lowest BCUT2D eigenvalue weighted by molar-refractivity contribution is 0.215. The van der Waals surface area contributed by atoms with Gasteiger partial charge in [-0.15, -0.1) is 12.4 Å². The van der Waals surface area contributed by atoms with Crippen molar-refractivity contribution in [2.24, 2.45) is 5.73 Å². The smallest absolute Gasteiger partial charge is 0.216 e.